The lowest BCUT2D eigenvalue weighted by atomic mass is 9.97. The number of nitrogens with zero attached hydrogens (tertiary/aromatic N) is 8. The summed E-state index contributed by atoms with van der Waals surface area (Å²) in [4.78, 5) is 27.5. The van der Waals surface area contributed by atoms with E-state index in [0.29, 0.717) is 61.4 Å². The van der Waals surface area contributed by atoms with Crippen LogP contribution >= 0.6 is 0 Å². The van der Waals surface area contributed by atoms with Crippen LogP contribution in [0.25, 0.3) is 22.6 Å². The molecule has 1 aromatic carbocycles. The minimum atomic E-state index is 0.00500. The van der Waals surface area contributed by atoms with E-state index in [2.05, 4.69) is 51.0 Å². The summed E-state index contributed by atoms with van der Waals surface area (Å²) in [6, 6.07) is 11.7. The molecule has 4 aromatic rings. The highest BCUT2D eigenvalue weighted by Crippen LogP contribution is 2.23. The summed E-state index contributed by atoms with van der Waals surface area (Å²) in [5.74, 6) is 0.560. The second kappa shape index (κ2) is 8.51. The molecule has 0 N–H and O–H groups in total. The number of benzene rings is 1. The Balaban J connectivity index is 1.21. The van der Waals surface area contributed by atoms with Crippen LogP contribution in [-0.4, -0.2) is 67.2 Å². The molecule has 0 radical (unpaired) electrons. The fourth-order valence-electron chi connectivity index (χ4n) is 3.93. The molecule has 176 valence electrons. The maximum absolute atomic E-state index is 13.0. The number of oxazole rings is 1. The molecule has 5 rings (SSSR count). The molecular formula is C24H28N8O2. The predicted octanol–water partition coefficient (Wildman–Crippen LogP) is 3.19. The number of tetrazole rings is 1. The van der Waals surface area contributed by atoms with Crippen LogP contribution in [0.15, 0.2) is 40.8 Å². The van der Waals surface area contributed by atoms with Gasteiger partial charge in [0.2, 0.25) is 11.5 Å². The zero-order chi connectivity index (χ0) is 23.9. The molecule has 1 amide bonds. The molecule has 10 heteroatoms. The van der Waals surface area contributed by atoms with E-state index in [0.717, 1.165) is 11.3 Å². The fraction of sp³-hybridized carbons (Fsp3) is 0.417. The number of aryl methyl sites for hydroxylation is 1. The highest BCUT2D eigenvalue weighted by molar-refractivity contribution is 5.94. The maximum atomic E-state index is 13.0. The smallest absolute Gasteiger partial charge is 0.300 e. The number of hydrogen-bond acceptors (Lipinski definition) is 8. The quantitative estimate of drug-likeness (QED) is 0.457. The Bertz CT molecular complexity index is 1310. The number of fused-ring (bicyclic) bond motifs is 1. The van der Waals surface area contributed by atoms with Gasteiger partial charge in [-0.15, -0.1) is 10.2 Å². The van der Waals surface area contributed by atoms with Crippen molar-refractivity contribution < 1.29 is 9.21 Å². The summed E-state index contributed by atoms with van der Waals surface area (Å²) in [6.07, 6.45) is 0. The third-order valence-corrected chi connectivity index (χ3v) is 5.68. The van der Waals surface area contributed by atoms with Crippen molar-refractivity contribution in [1.82, 2.24) is 35.1 Å². The van der Waals surface area contributed by atoms with Gasteiger partial charge in [-0.3, -0.25) is 4.79 Å². The van der Waals surface area contributed by atoms with E-state index < -0.39 is 0 Å². The Morgan fingerprint density at radius 3 is 2.44 bits per heavy atom. The lowest BCUT2D eigenvalue weighted by molar-refractivity contribution is 0.0745. The Morgan fingerprint density at radius 2 is 1.74 bits per heavy atom. The highest BCUT2D eigenvalue weighted by Gasteiger charge is 2.25. The average molecular weight is 461 g/mol. The first-order valence-corrected chi connectivity index (χ1v) is 11.4. The van der Waals surface area contributed by atoms with Crippen molar-refractivity contribution in [3.05, 3.63) is 47.7 Å². The van der Waals surface area contributed by atoms with E-state index in [1.807, 2.05) is 48.2 Å². The zero-order valence-corrected chi connectivity index (χ0v) is 19.9. The van der Waals surface area contributed by atoms with E-state index in [4.69, 9.17) is 4.42 Å². The summed E-state index contributed by atoms with van der Waals surface area (Å²) >= 11 is 0. The number of carbonyl (C=O) groups is 1. The van der Waals surface area contributed by atoms with Crippen molar-refractivity contribution in [3.63, 3.8) is 0 Å². The molecule has 0 bridgehead atoms. The van der Waals surface area contributed by atoms with Crippen molar-refractivity contribution in [3.8, 4) is 11.4 Å². The molecule has 0 aliphatic carbocycles. The second-order valence-corrected chi connectivity index (χ2v) is 9.83. The van der Waals surface area contributed by atoms with Crippen molar-refractivity contribution in [2.75, 3.05) is 31.1 Å². The van der Waals surface area contributed by atoms with Gasteiger partial charge in [0.15, 0.2) is 5.58 Å². The molecule has 1 fully saturated rings. The second-order valence-electron chi connectivity index (χ2n) is 9.83. The minimum Gasteiger partial charge on any atom is -0.422 e. The average Bonchev–Trinajstić information content (AvgIpc) is 3.44. The summed E-state index contributed by atoms with van der Waals surface area (Å²) in [6.45, 7) is 11.5. The van der Waals surface area contributed by atoms with E-state index in [1.165, 1.54) is 0 Å². The first kappa shape index (κ1) is 22.0. The SMILES string of the molecule is Cc1ccc2oc(N3CCN(C(=O)c4ccc(-c5nnn(CC(C)(C)C)n5)cc4)CC3)nc2n1. The van der Waals surface area contributed by atoms with Gasteiger partial charge in [-0.2, -0.15) is 9.78 Å². The van der Waals surface area contributed by atoms with Gasteiger partial charge in [0.25, 0.3) is 11.9 Å². The lowest BCUT2D eigenvalue weighted by Gasteiger charge is -2.33. The zero-order valence-electron chi connectivity index (χ0n) is 19.9. The van der Waals surface area contributed by atoms with Gasteiger partial charge in [-0.25, -0.2) is 4.98 Å². The number of rotatable bonds is 4. The van der Waals surface area contributed by atoms with Crippen LogP contribution in [0.1, 0.15) is 36.8 Å². The number of piperazine rings is 1. The van der Waals surface area contributed by atoms with Gasteiger partial charge in [0, 0.05) is 43.0 Å². The number of aromatic nitrogens is 6. The van der Waals surface area contributed by atoms with Gasteiger partial charge >= 0.3 is 0 Å². The van der Waals surface area contributed by atoms with Crippen LogP contribution in [0.2, 0.25) is 0 Å². The lowest BCUT2D eigenvalue weighted by Crippen LogP contribution is -2.48. The van der Waals surface area contributed by atoms with E-state index in [9.17, 15) is 4.79 Å². The van der Waals surface area contributed by atoms with Crippen LogP contribution in [-0.2, 0) is 6.54 Å². The largest absolute Gasteiger partial charge is 0.422 e. The highest BCUT2D eigenvalue weighted by atomic mass is 16.4. The van der Waals surface area contributed by atoms with Crippen LogP contribution in [0.5, 0.6) is 0 Å². The van der Waals surface area contributed by atoms with E-state index in [-0.39, 0.29) is 11.3 Å². The molecule has 1 aliphatic rings. The van der Waals surface area contributed by atoms with Gasteiger partial charge in [-0.05, 0) is 41.8 Å². The normalized spacial score (nSPS) is 14.7. The Kier molecular flexibility index (Phi) is 5.51. The number of pyridine rings is 1. The van der Waals surface area contributed by atoms with Crippen LogP contribution < -0.4 is 4.90 Å². The van der Waals surface area contributed by atoms with Crippen LogP contribution in [0, 0.1) is 12.3 Å². The molecule has 4 heterocycles. The minimum absolute atomic E-state index is 0.00500. The molecule has 1 aliphatic heterocycles. The molecule has 0 spiro atoms. The summed E-state index contributed by atoms with van der Waals surface area (Å²) in [5, 5.41) is 12.8. The molecule has 3 aromatic heterocycles. The van der Waals surface area contributed by atoms with Crippen molar-refractivity contribution in [2.24, 2.45) is 5.41 Å². The Morgan fingerprint density at radius 1 is 1.00 bits per heavy atom. The third-order valence-electron chi connectivity index (χ3n) is 5.68. The number of carbonyl (C=O) groups excluding carboxylic acids is 1. The Hall–Kier alpha value is -3.82. The number of amides is 1. The first-order valence-electron chi connectivity index (χ1n) is 11.4. The molecule has 0 saturated carbocycles. The van der Waals surface area contributed by atoms with Crippen LogP contribution in [0.4, 0.5) is 6.01 Å². The molecule has 0 atom stereocenters. The topological polar surface area (TPSA) is 106 Å². The van der Waals surface area contributed by atoms with E-state index >= 15 is 0 Å². The Labute approximate surface area is 197 Å². The number of hydrogen-bond donors (Lipinski definition) is 0. The molecule has 0 unspecified atom stereocenters. The summed E-state index contributed by atoms with van der Waals surface area (Å²) in [7, 11) is 0. The van der Waals surface area contributed by atoms with Gasteiger partial charge in [0.05, 0.1) is 6.54 Å². The molecule has 1 saturated heterocycles. The van der Waals surface area contributed by atoms with Crippen molar-refractivity contribution in [1.29, 1.82) is 0 Å². The van der Waals surface area contributed by atoms with Gasteiger partial charge in [-0.1, -0.05) is 32.9 Å². The van der Waals surface area contributed by atoms with E-state index in [1.54, 1.807) is 4.80 Å². The molecule has 34 heavy (non-hydrogen) atoms. The fourth-order valence-corrected chi connectivity index (χ4v) is 3.93. The van der Waals surface area contributed by atoms with Crippen LogP contribution in [0.3, 0.4) is 0 Å². The molecule has 10 nitrogen and oxygen atoms in total. The predicted molar refractivity (Wildman–Crippen MR) is 127 cm³/mol. The summed E-state index contributed by atoms with van der Waals surface area (Å²) < 4.78 is 5.86. The molecular weight excluding hydrogens is 432 g/mol. The summed E-state index contributed by atoms with van der Waals surface area (Å²) in [5.41, 5.74) is 3.73. The van der Waals surface area contributed by atoms with Gasteiger partial charge < -0.3 is 14.2 Å². The van der Waals surface area contributed by atoms with Crippen molar-refractivity contribution >= 4 is 23.2 Å². The monoisotopic (exact) mass is 460 g/mol. The number of anilines is 1. The third kappa shape index (κ3) is 4.61. The maximum Gasteiger partial charge on any atom is 0.300 e. The first-order chi connectivity index (χ1) is 16.2. The van der Waals surface area contributed by atoms with Gasteiger partial charge in [0.1, 0.15) is 0 Å². The standard InChI is InChI=1S/C24H28N8O2/c1-16-5-10-19-21(25-16)26-23(34-19)31-13-11-30(12-14-31)22(33)18-8-6-17(7-9-18)20-27-29-32(28-20)15-24(2,3)4/h5-10H,11-15H2,1-4H3. The van der Waals surface area contributed by atoms with Crippen molar-refractivity contribution in [2.45, 2.75) is 34.2 Å².